The predicted molar refractivity (Wildman–Crippen MR) is 76.0 cm³/mol. The number of aromatic nitrogens is 1. The van der Waals surface area contributed by atoms with Gasteiger partial charge in [0.2, 0.25) is 5.91 Å². The lowest BCUT2D eigenvalue weighted by Crippen LogP contribution is -2.37. The van der Waals surface area contributed by atoms with Crippen molar-refractivity contribution in [2.45, 2.75) is 39.7 Å². The zero-order valence-corrected chi connectivity index (χ0v) is 12.3. The summed E-state index contributed by atoms with van der Waals surface area (Å²) in [5.41, 5.74) is 0.0219. The SMILES string of the molecule is CCC(CC)(CC(=O)N(C)Cc1ccncc1)C(=O)O. The summed E-state index contributed by atoms with van der Waals surface area (Å²) >= 11 is 0. The summed E-state index contributed by atoms with van der Waals surface area (Å²) in [7, 11) is 1.70. The zero-order valence-electron chi connectivity index (χ0n) is 12.3. The van der Waals surface area contributed by atoms with E-state index in [1.807, 2.05) is 26.0 Å². The van der Waals surface area contributed by atoms with E-state index < -0.39 is 11.4 Å². The molecule has 0 unspecified atom stereocenters. The average molecular weight is 278 g/mol. The third-order valence-corrected chi connectivity index (χ3v) is 3.89. The molecule has 0 aliphatic heterocycles. The number of carbonyl (C=O) groups excluding carboxylic acids is 1. The fraction of sp³-hybridized carbons (Fsp3) is 0.533. The number of nitrogens with zero attached hydrogens (tertiary/aromatic N) is 2. The Morgan fingerprint density at radius 1 is 1.25 bits per heavy atom. The molecule has 20 heavy (non-hydrogen) atoms. The van der Waals surface area contributed by atoms with Crippen molar-refractivity contribution in [3.63, 3.8) is 0 Å². The molecule has 110 valence electrons. The molecule has 0 bridgehead atoms. The second kappa shape index (κ2) is 7.03. The fourth-order valence-corrected chi connectivity index (χ4v) is 2.15. The van der Waals surface area contributed by atoms with Gasteiger partial charge in [-0.2, -0.15) is 0 Å². The van der Waals surface area contributed by atoms with E-state index in [-0.39, 0.29) is 12.3 Å². The Morgan fingerprint density at radius 3 is 2.25 bits per heavy atom. The van der Waals surface area contributed by atoms with Crippen LogP contribution in [0.5, 0.6) is 0 Å². The van der Waals surface area contributed by atoms with Crippen LogP contribution < -0.4 is 0 Å². The molecule has 1 N–H and O–H groups in total. The number of amides is 1. The molecule has 0 fully saturated rings. The van der Waals surface area contributed by atoms with E-state index >= 15 is 0 Å². The molecule has 0 aliphatic carbocycles. The predicted octanol–water partition coefficient (Wildman–Crippen LogP) is 2.32. The third kappa shape index (κ3) is 3.79. The largest absolute Gasteiger partial charge is 0.481 e. The van der Waals surface area contributed by atoms with E-state index in [9.17, 15) is 14.7 Å². The molecule has 0 saturated heterocycles. The molecule has 0 radical (unpaired) electrons. The number of carboxylic acids is 1. The van der Waals surface area contributed by atoms with Crippen molar-refractivity contribution in [1.29, 1.82) is 0 Å². The minimum atomic E-state index is -0.955. The standard InChI is InChI=1S/C15H22N2O3/c1-4-15(5-2,14(19)20)10-13(18)17(3)11-12-6-8-16-9-7-12/h6-9H,4-5,10-11H2,1-3H3,(H,19,20). The molecule has 0 aliphatic rings. The van der Waals surface area contributed by atoms with E-state index in [1.54, 1.807) is 24.3 Å². The summed E-state index contributed by atoms with van der Waals surface area (Å²) in [6.07, 6.45) is 4.29. The van der Waals surface area contributed by atoms with Crippen molar-refractivity contribution >= 4 is 11.9 Å². The molecule has 1 rings (SSSR count). The lowest BCUT2D eigenvalue weighted by molar-refractivity contribution is -0.154. The minimum absolute atomic E-state index is 0.0386. The minimum Gasteiger partial charge on any atom is -0.481 e. The van der Waals surface area contributed by atoms with Crippen LogP contribution in [0, 0.1) is 5.41 Å². The summed E-state index contributed by atoms with van der Waals surface area (Å²) < 4.78 is 0. The van der Waals surface area contributed by atoms with Crippen molar-refractivity contribution < 1.29 is 14.7 Å². The smallest absolute Gasteiger partial charge is 0.310 e. The number of hydrogen-bond donors (Lipinski definition) is 1. The number of pyridine rings is 1. The Balaban J connectivity index is 2.72. The van der Waals surface area contributed by atoms with Crippen LogP contribution in [0.1, 0.15) is 38.7 Å². The molecular formula is C15H22N2O3. The summed E-state index contributed by atoms with van der Waals surface area (Å²) in [4.78, 5) is 29.1. The maximum absolute atomic E-state index is 12.2. The Kier molecular flexibility index (Phi) is 5.67. The van der Waals surface area contributed by atoms with Gasteiger partial charge in [-0.3, -0.25) is 14.6 Å². The first-order valence-corrected chi connectivity index (χ1v) is 6.81. The van der Waals surface area contributed by atoms with Gasteiger partial charge in [0.05, 0.1) is 5.41 Å². The Hall–Kier alpha value is -1.91. The molecule has 5 heteroatoms. The van der Waals surface area contributed by atoms with Crippen LogP contribution in [0.25, 0.3) is 0 Å². The molecule has 1 aromatic rings. The third-order valence-electron chi connectivity index (χ3n) is 3.89. The van der Waals surface area contributed by atoms with Gasteiger partial charge in [0.25, 0.3) is 0 Å². The molecular weight excluding hydrogens is 256 g/mol. The van der Waals surface area contributed by atoms with E-state index in [0.29, 0.717) is 19.4 Å². The second-order valence-corrected chi connectivity index (χ2v) is 5.07. The fourth-order valence-electron chi connectivity index (χ4n) is 2.15. The first-order valence-electron chi connectivity index (χ1n) is 6.81. The first kappa shape index (κ1) is 16.1. The van der Waals surface area contributed by atoms with Crippen LogP contribution in [0.2, 0.25) is 0 Å². The molecule has 5 nitrogen and oxygen atoms in total. The van der Waals surface area contributed by atoms with Crippen LogP contribution in [-0.2, 0) is 16.1 Å². The van der Waals surface area contributed by atoms with Crippen LogP contribution in [-0.4, -0.2) is 33.9 Å². The van der Waals surface area contributed by atoms with Crippen LogP contribution >= 0.6 is 0 Å². The topological polar surface area (TPSA) is 70.5 Å². The van der Waals surface area contributed by atoms with Gasteiger partial charge in [0, 0.05) is 32.4 Å². The van der Waals surface area contributed by atoms with Gasteiger partial charge in [-0.1, -0.05) is 13.8 Å². The molecule has 0 spiro atoms. The van der Waals surface area contributed by atoms with Gasteiger partial charge >= 0.3 is 5.97 Å². The van der Waals surface area contributed by atoms with Crippen LogP contribution in [0.3, 0.4) is 0 Å². The number of rotatable bonds is 7. The van der Waals surface area contributed by atoms with E-state index in [1.165, 1.54) is 0 Å². The maximum Gasteiger partial charge on any atom is 0.310 e. The van der Waals surface area contributed by atoms with Crippen molar-refractivity contribution in [2.75, 3.05) is 7.05 Å². The summed E-state index contributed by atoms with van der Waals surface area (Å²) in [5, 5.41) is 9.37. The normalized spacial score (nSPS) is 11.2. The van der Waals surface area contributed by atoms with Crippen molar-refractivity contribution in [2.24, 2.45) is 5.41 Å². The summed E-state index contributed by atoms with van der Waals surface area (Å²) in [5.74, 6) is -1.04. The van der Waals surface area contributed by atoms with Crippen molar-refractivity contribution in [3.05, 3.63) is 30.1 Å². The number of carboxylic acid groups (broad SMARTS) is 1. The quantitative estimate of drug-likeness (QED) is 0.831. The molecule has 1 aromatic heterocycles. The van der Waals surface area contributed by atoms with E-state index in [0.717, 1.165) is 5.56 Å². The number of carbonyl (C=O) groups is 2. The highest BCUT2D eigenvalue weighted by Gasteiger charge is 2.37. The van der Waals surface area contributed by atoms with Crippen molar-refractivity contribution in [3.8, 4) is 0 Å². The highest BCUT2D eigenvalue weighted by molar-refractivity contribution is 5.84. The molecule has 0 atom stereocenters. The van der Waals surface area contributed by atoms with Crippen molar-refractivity contribution in [1.82, 2.24) is 9.88 Å². The van der Waals surface area contributed by atoms with Gasteiger partial charge < -0.3 is 10.0 Å². The highest BCUT2D eigenvalue weighted by Crippen LogP contribution is 2.31. The van der Waals surface area contributed by atoms with Crippen LogP contribution in [0.15, 0.2) is 24.5 Å². The van der Waals surface area contributed by atoms with Gasteiger partial charge in [-0.15, -0.1) is 0 Å². The molecule has 1 heterocycles. The maximum atomic E-state index is 12.2. The highest BCUT2D eigenvalue weighted by atomic mass is 16.4. The summed E-state index contributed by atoms with van der Waals surface area (Å²) in [6, 6.07) is 3.68. The summed E-state index contributed by atoms with van der Waals surface area (Å²) in [6.45, 7) is 4.09. The van der Waals surface area contributed by atoms with Crippen LogP contribution in [0.4, 0.5) is 0 Å². The Labute approximate surface area is 119 Å². The van der Waals surface area contributed by atoms with E-state index in [2.05, 4.69) is 4.98 Å². The van der Waals surface area contributed by atoms with E-state index in [4.69, 9.17) is 0 Å². The lowest BCUT2D eigenvalue weighted by Gasteiger charge is -2.28. The Bertz CT molecular complexity index is 455. The molecule has 0 aromatic carbocycles. The number of aliphatic carboxylic acids is 1. The zero-order chi connectivity index (χ0) is 15.2. The van der Waals surface area contributed by atoms with Gasteiger partial charge in [0.1, 0.15) is 0 Å². The monoisotopic (exact) mass is 278 g/mol. The average Bonchev–Trinajstić information content (AvgIpc) is 2.45. The molecule has 1 amide bonds. The second-order valence-electron chi connectivity index (χ2n) is 5.07. The van der Waals surface area contributed by atoms with Gasteiger partial charge in [-0.25, -0.2) is 0 Å². The first-order chi connectivity index (χ1) is 9.45. The molecule has 0 saturated carbocycles. The Morgan fingerprint density at radius 2 is 1.80 bits per heavy atom. The number of hydrogen-bond acceptors (Lipinski definition) is 3. The van der Waals surface area contributed by atoms with Gasteiger partial charge in [-0.05, 0) is 30.5 Å². The van der Waals surface area contributed by atoms with Gasteiger partial charge in [0.15, 0.2) is 0 Å². The lowest BCUT2D eigenvalue weighted by atomic mass is 9.79.